The van der Waals surface area contributed by atoms with E-state index in [4.69, 9.17) is 11.6 Å². The van der Waals surface area contributed by atoms with E-state index in [0.717, 1.165) is 5.69 Å². The molecule has 0 saturated heterocycles. The first kappa shape index (κ1) is 15.4. The number of anilines is 1. The lowest BCUT2D eigenvalue weighted by Crippen LogP contribution is -2.10. The first-order valence-corrected chi connectivity index (χ1v) is 7.34. The zero-order valence-electron chi connectivity index (χ0n) is 12.8. The summed E-state index contributed by atoms with van der Waals surface area (Å²) in [5.74, 6) is 0. The molecule has 0 aromatic heterocycles. The van der Waals surface area contributed by atoms with Crippen LogP contribution in [0.5, 0.6) is 0 Å². The number of nitrogens with zero attached hydrogens (tertiary/aromatic N) is 1. The highest BCUT2D eigenvalue weighted by atomic mass is 35.5. The second-order valence-corrected chi connectivity index (χ2v) is 5.90. The molecule has 2 aromatic rings. The molecule has 1 N–H and O–H groups in total. The topological polar surface area (TPSA) is 35.8 Å². The highest BCUT2D eigenvalue weighted by Gasteiger charge is 2.12. The van der Waals surface area contributed by atoms with E-state index in [2.05, 4.69) is 51.2 Å². The number of aryl methyl sites for hydroxylation is 3. The Labute approximate surface area is 131 Å². The van der Waals surface area contributed by atoms with Crippen LogP contribution in [0.15, 0.2) is 30.3 Å². The number of nitriles is 1. The van der Waals surface area contributed by atoms with E-state index < -0.39 is 0 Å². The van der Waals surface area contributed by atoms with Gasteiger partial charge in [-0.2, -0.15) is 5.26 Å². The van der Waals surface area contributed by atoms with Crippen LogP contribution < -0.4 is 5.32 Å². The summed E-state index contributed by atoms with van der Waals surface area (Å²) in [7, 11) is 0. The smallest absolute Gasteiger partial charge is 0.101 e. The van der Waals surface area contributed by atoms with Crippen molar-refractivity contribution < 1.29 is 0 Å². The van der Waals surface area contributed by atoms with Crippen molar-refractivity contribution >= 4 is 17.3 Å². The van der Waals surface area contributed by atoms with Crippen LogP contribution >= 0.6 is 11.6 Å². The predicted octanol–water partition coefficient (Wildman–Crippen LogP) is 5.31. The third kappa shape index (κ3) is 3.37. The van der Waals surface area contributed by atoms with Gasteiger partial charge in [-0.25, -0.2) is 0 Å². The van der Waals surface area contributed by atoms with Crippen molar-refractivity contribution in [3.05, 3.63) is 63.2 Å². The third-order valence-corrected chi connectivity index (χ3v) is 4.06. The summed E-state index contributed by atoms with van der Waals surface area (Å²) in [5, 5.41) is 13.2. The summed E-state index contributed by atoms with van der Waals surface area (Å²) >= 11 is 6.03. The normalized spacial score (nSPS) is 11.8. The highest BCUT2D eigenvalue weighted by molar-refractivity contribution is 6.30. The molecule has 0 aliphatic rings. The molecule has 2 aromatic carbocycles. The van der Waals surface area contributed by atoms with Gasteiger partial charge in [0.05, 0.1) is 11.3 Å². The molecular weight excluding hydrogens is 280 g/mol. The van der Waals surface area contributed by atoms with Crippen molar-refractivity contribution in [2.75, 3.05) is 5.32 Å². The Hall–Kier alpha value is -1.98. The van der Waals surface area contributed by atoms with Crippen LogP contribution in [0.4, 0.5) is 5.69 Å². The summed E-state index contributed by atoms with van der Waals surface area (Å²) in [6.07, 6.45) is 0. The van der Waals surface area contributed by atoms with Crippen LogP contribution in [0.25, 0.3) is 0 Å². The van der Waals surface area contributed by atoms with Gasteiger partial charge < -0.3 is 5.32 Å². The van der Waals surface area contributed by atoms with Crippen molar-refractivity contribution in [1.29, 1.82) is 5.26 Å². The molecular formula is C18H19ClN2. The molecule has 0 amide bonds. The first-order valence-electron chi connectivity index (χ1n) is 6.96. The van der Waals surface area contributed by atoms with Gasteiger partial charge in [-0.15, -0.1) is 0 Å². The van der Waals surface area contributed by atoms with Crippen LogP contribution in [0.3, 0.4) is 0 Å². The monoisotopic (exact) mass is 298 g/mol. The average molecular weight is 299 g/mol. The maximum atomic E-state index is 9.19. The van der Waals surface area contributed by atoms with Gasteiger partial charge in [0.25, 0.3) is 0 Å². The van der Waals surface area contributed by atoms with E-state index in [1.807, 2.05) is 0 Å². The number of rotatable bonds is 3. The Morgan fingerprint density at radius 1 is 1.05 bits per heavy atom. The molecule has 21 heavy (non-hydrogen) atoms. The van der Waals surface area contributed by atoms with Crippen molar-refractivity contribution in [2.24, 2.45) is 0 Å². The molecule has 0 saturated carbocycles. The summed E-state index contributed by atoms with van der Waals surface area (Å²) in [4.78, 5) is 0. The third-order valence-electron chi connectivity index (χ3n) is 3.82. The number of hydrogen-bond acceptors (Lipinski definition) is 2. The highest BCUT2D eigenvalue weighted by Crippen LogP contribution is 2.28. The summed E-state index contributed by atoms with van der Waals surface area (Å²) in [6.45, 7) is 8.45. The molecule has 0 radical (unpaired) electrons. The Morgan fingerprint density at radius 3 is 2.38 bits per heavy atom. The zero-order valence-corrected chi connectivity index (χ0v) is 13.5. The first-order chi connectivity index (χ1) is 9.92. The van der Waals surface area contributed by atoms with Gasteiger partial charge in [-0.05, 0) is 68.1 Å². The zero-order chi connectivity index (χ0) is 15.6. The average Bonchev–Trinajstić information content (AvgIpc) is 2.43. The van der Waals surface area contributed by atoms with Crippen LogP contribution in [-0.2, 0) is 0 Å². The number of nitrogens with one attached hydrogen (secondary N) is 1. The second-order valence-electron chi connectivity index (χ2n) is 5.46. The molecule has 0 aliphatic heterocycles. The number of benzene rings is 2. The van der Waals surface area contributed by atoms with Gasteiger partial charge in [0.1, 0.15) is 6.07 Å². The summed E-state index contributed by atoms with van der Waals surface area (Å²) < 4.78 is 0. The molecule has 0 aliphatic carbocycles. The van der Waals surface area contributed by atoms with Crippen LogP contribution in [0.2, 0.25) is 5.02 Å². The Balaban J connectivity index is 2.35. The van der Waals surface area contributed by atoms with Crippen molar-refractivity contribution in [2.45, 2.75) is 33.7 Å². The minimum Gasteiger partial charge on any atom is -0.377 e. The molecule has 0 spiro atoms. The Bertz CT molecular complexity index is 714. The quantitative estimate of drug-likeness (QED) is 0.833. The molecule has 108 valence electrons. The summed E-state index contributed by atoms with van der Waals surface area (Å²) in [6, 6.07) is 12.0. The van der Waals surface area contributed by atoms with Crippen molar-refractivity contribution in [1.82, 2.24) is 0 Å². The van der Waals surface area contributed by atoms with Gasteiger partial charge in [0.2, 0.25) is 0 Å². The standard InChI is InChI=1S/C18H19ClN2/c1-11-7-13(3)17(8-12(11)2)14(4)21-18-9-16(19)6-5-15(18)10-20/h5-9,14,21H,1-4H3. The van der Waals surface area contributed by atoms with E-state index in [1.54, 1.807) is 18.2 Å². The number of halogens is 1. The minimum absolute atomic E-state index is 0.106. The van der Waals surface area contributed by atoms with Gasteiger partial charge in [0.15, 0.2) is 0 Å². The largest absolute Gasteiger partial charge is 0.377 e. The van der Waals surface area contributed by atoms with E-state index >= 15 is 0 Å². The fourth-order valence-corrected chi connectivity index (χ4v) is 2.67. The fourth-order valence-electron chi connectivity index (χ4n) is 2.49. The molecule has 1 unspecified atom stereocenters. The molecule has 3 heteroatoms. The molecule has 2 rings (SSSR count). The van der Waals surface area contributed by atoms with Gasteiger partial charge in [-0.1, -0.05) is 23.7 Å². The lowest BCUT2D eigenvalue weighted by Gasteiger charge is -2.20. The number of hydrogen-bond donors (Lipinski definition) is 1. The van der Waals surface area contributed by atoms with E-state index in [0.29, 0.717) is 10.6 Å². The van der Waals surface area contributed by atoms with Gasteiger partial charge in [0, 0.05) is 11.1 Å². The van der Waals surface area contributed by atoms with Crippen molar-refractivity contribution in [3.8, 4) is 6.07 Å². The van der Waals surface area contributed by atoms with Crippen LogP contribution in [0.1, 0.15) is 40.8 Å². The summed E-state index contributed by atoms with van der Waals surface area (Å²) in [5.41, 5.74) is 6.43. The minimum atomic E-state index is 0.106. The SMILES string of the molecule is Cc1cc(C)c(C(C)Nc2cc(Cl)ccc2C#N)cc1C. The van der Waals surface area contributed by atoms with E-state index in [9.17, 15) is 5.26 Å². The van der Waals surface area contributed by atoms with E-state index in [-0.39, 0.29) is 6.04 Å². The van der Waals surface area contributed by atoms with Gasteiger partial charge in [-0.3, -0.25) is 0 Å². The van der Waals surface area contributed by atoms with E-state index in [1.165, 1.54) is 22.3 Å². The molecule has 2 nitrogen and oxygen atoms in total. The van der Waals surface area contributed by atoms with Crippen LogP contribution in [-0.4, -0.2) is 0 Å². The maximum Gasteiger partial charge on any atom is 0.101 e. The molecule has 1 atom stereocenters. The molecule has 0 heterocycles. The second kappa shape index (κ2) is 6.20. The van der Waals surface area contributed by atoms with Gasteiger partial charge >= 0.3 is 0 Å². The molecule has 0 fully saturated rings. The molecule has 0 bridgehead atoms. The van der Waals surface area contributed by atoms with Crippen molar-refractivity contribution in [3.63, 3.8) is 0 Å². The lowest BCUT2D eigenvalue weighted by atomic mass is 9.96. The fraction of sp³-hybridized carbons (Fsp3) is 0.278. The Morgan fingerprint density at radius 2 is 1.71 bits per heavy atom. The maximum absolute atomic E-state index is 9.19. The Kier molecular flexibility index (Phi) is 4.55. The van der Waals surface area contributed by atoms with Crippen LogP contribution in [0, 0.1) is 32.1 Å². The lowest BCUT2D eigenvalue weighted by molar-refractivity contribution is 0.870. The predicted molar refractivity (Wildman–Crippen MR) is 88.9 cm³/mol.